The molecule has 1 heterocycles. The van der Waals surface area contributed by atoms with Crippen LogP contribution >= 0.6 is 0 Å². The van der Waals surface area contributed by atoms with Crippen LogP contribution in [-0.4, -0.2) is 23.7 Å². The largest absolute Gasteiger partial charge is 0.421 e. The number of nitrogens with zero attached hydrogens (tertiary/aromatic N) is 7. The van der Waals surface area contributed by atoms with Gasteiger partial charge >= 0.3 is 5.95 Å². The highest BCUT2D eigenvalue weighted by atomic mass is 15.5. The van der Waals surface area contributed by atoms with E-state index in [1.165, 1.54) is 11.4 Å². The minimum absolute atomic E-state index is 0.778. The quantitative estimate of drug-likeness (QED) is 0.484. The van der Waals surface area contributed by atoms with Crippen molar-refractivity contribution in [3.63, 3.8) is 0 Å². The highest BCUT2D eigenvalue weighted by molar-refractivity contribution is 5.46. The fourth-order valence-corrected chi connectivity index (χ4v) is 1.97. The second-order valence-electron chi connectivity index (χ2n) is 5.34. The Morgan fingerprint density at radius 2 is 1.50 bits per heavy atom. The van der Waals surface area contributed by atoms with Crippen LogP contribution in [0.25, 0.3) is 0 Å². The van der Waals surface area contributed by atoms with E-state index in [1.54, 1.807) is 5.01 Å². The molecule has 1 aromatic carbocycles. The molecule has 0 radical (unpaired) electrons. The molecule has 0 aliphatic rings. The summed E-state index contributed by atoms with van der Waals surface area (Å²) in [5.74, 6) is 0.811. The summed E-state index contributed by atoms with van der Waals surface area (Å²) in [5.41, 5.74) is 3.91. The SMILES string of the molecule is Cc1c(C)[n+](C)c(N=Nc2ccc(N=NN(C)C)cc2)n1C. The molecular weight excluding hydrogens is 278 g/mol. The van der Waals surface area contributed by atoms with E-state index >= 15 is 0 Å². The lowest BCUT2D eigenvalue weighted by Gasteiger charge is -1.99. The summed E-state index contributed by atoms with van der Waals surface area (Å²) in [4.78, 5) is 0. The van der Waals surface area contributed by atoms with E-state index < -0.39 is 0 Å². The third kappa shape index (κ3) is 3.36. The van der Waals surface area contributed by atoms with Gasteiger partial charge in [0, 0.05) is 19.2 Å². The van der Waals surface area contributed by atoms with Gasteiger partial charge in [-0.25, -0.2) is 9.13 Å². The van der Waals surface area contributed by atoms with Gasteiger partial charge in [0.25, 0.3) is 0 Å². The molecule has 1 aromatic heterocycles. The molecule has 7 heteroatoms. The van der Waals surface area contributed by atoms with E-state index in [0.717, 1.165) is 17.3 Å². The third-order valence-corrected chi connectivity index (χ3v) is 3.57. The molecule has 0 saturated heterocycles. The van der Waals surface area contributed by atoms with Gasteiger partial charge in [-0.2, -0.15) is 0 Å². The van der Waals surface area contributed by atoms with Crippen molar-refractivity contribution in [1.82, 2.24) is 9.58 Å². The molecule has 0 atom stereocenters. The molecule has 0 fully saturated rings. The maximum Gasteiger partial charge on any atom is 0.421 e. The standard InChI is InChI=1S/C15H22N7/c1-11-12(2)22(6)15(21(11)5)18-16-13-7-9-14(10-8-13)17-19-20(3)4/h7-10H,1-6H3/q+1. The maximum atomic E-state index is 4.35. The Kier molecular flexibility index (Phi) is 4.65. The van der Waals surface area contributed by atoms with Crippen LogP contribution in [0.4, 0.5) is 17.3 Å². The predicted molar refractivity (Wildman–Crippen MR) is 84.9 cm³/mol. The van der Waals surface area contributed by atoms with Crippen LogP contribution in [0.15, 0.2) is 44.8 Å². The molecule has 0 amide bonds. The van der Waals surface area contributed by atoms with E-state index in [9.17, 15) is 0 Å². The normalized spacial score (nSPS) is 11.7. The van der Waals surface area contributed by atoms with Crippen molar-refractivity contribution < 1.29 is 4.57 Å². The van der Waals surface area contributed by atoms with Gasteiger partial charge in [-0.05, 0) is 38.1 Å². The Balaban J connectivity index is 2.19. The second-order valence-corrected chi connectivity index (χ2v) is 5.34. The summed E-state index contributed by atoms with van der Waals surface area (Å²) in [6.45, 7) is 4.14. The van der Waals surface area contributed by atoms with Gasteiger partial charge in [0.1, 0.15) is 17.1 Å². The summed E-state index contributed by atoms with van der Waals surface area (Å²) in [6, 6.07) is 7.47. The predicted octanol–water partition coefficient (Wildman–Crippen LogP) is 3.44. The zero-order valence-corrected chi connectivity index (χ0v) is 13.9. The van der Waals surface area contributed by atoms with Gasteiger partial charge < -0.3 is 0 Å². The Labute approximate surface area is 130 Å². The van der Waals surface area contributed by atoms with Gasteiger partial charge in [-0.3, -0.25) is 5.01 Å². The molecule has 0 unspecified atom stereocenters. The van der Waals surface area contributed by atoms with Crippen LogP contribution in [0, 0.1) is 13.8 Å². The van der Waals surface area contributed by atoms with Crippen LogP contribution in [0.3, 0.4) is 0 Å². The number of hydrogen-bond acceptors (Lipinski definition) is 4. The number of imidazole rings is 1. The van der Waals surface area contributed by atoms with Gasteiger partial charge in [-0.1, -0.05) is 10.3 Å². The van der Waals surface area contributed by atoms with Crippen molar-refractivity contribution in [1.29, 1.82) is 0 Å². The van der Waals surface area contributed by atoms with Gasteiger partial charge in [0.15, 0.2) is 0 Å². The first-order valence-corrected chi connectivity index (χ1v) is 7.03. The van der Waals surface area contributed by atoms with Crippen LogP contribution < -0.4 is 4.57 Å². The van der Waals surface area contributed by atoms with Crippen LogP contribution in [-0.2, 0) is 14.1 Å². The number of rotatable bonds is 4. The molecule has 0 spiro atoms. The van der Waals surface area contributed by atoms with Gasteiger partial charge in [0.05, 0.1) is 19.8 Å². The van der Waals surface area contributed by atoms with Crippen molar-refractivity contribution >= 4 is 17.3 Å². The Hall–Kier alpha value is -2.57. The topological polar surface area (TPSA) is 61.5 Å². The number of azo groups is 1. The number of benzene rings is 1. The summed E-state index contributed by atoms with van der Waals surface area (Å²) in [7, 11) is 7.63. The van der Waals surface area contributed by atoms with Crippen molar-refractivity contribution in [3.05, 3.63) is 35.7 Å². The molecule has 0 saturated carbocycles. The first kappa shape index (κ1) is 15.8. The van der Waals surface area contributed by atoms with Gasteiger partial charge in [0.2, 0.25) is 0 Å². The highest BCUT2D eigenvalue weighted by Crippen LogP contribution is 2.21. The van der Waals surface area contributed by atoms with E-state index in [0.29, 0.717) is 0 Å². The van der Waals surface area contributed by atoms with Crippen LogP contribution in [0.5, 0.6) is 0 Å². The fraction of sp³-hybridized carbons (Fsp3) is 0.400. The minimum atomic E-state index is 0.778. The molecule has 116 valence electrons. The van der Waals surface area contributed by atoms with E-state index in [4.69, 9.17) is 0 Å². The van der Waals surface area contributed by atoms with Gasteiger partial charge in [-0.15, -0.1) is 5.11 Å². The summed E-state index contributed by atoms with van der Waals surface area (Å²) in [5, 5.41) is 18.3. The first-order valence-electron chi connectivity index (χ1n) is 7.03. The van der Waals surface area contributed by atoms with E-state index in [2.05, 4.69) is 34.4 Å². The Bertz CT molecular complexity index is 683. The van der Waals surface area contributed by atoms with Crippen molar-refractivity contribution in [2.75, 3.05) is 14.1 Å². The molecule has 0 aliphatic heterocycles. The molecule has 0 aliphatic carbocycles. The average Bonchev–Trinajstić information content (AvgIpc) is 2.68. The van der Waals surface area contributed by atoms with Crippen molar-refractivity contribution in [3.8, 4) is 0 Å². The molecule has 0 N–H and O–H groups in total. The monoisotopic (exact) mass is 300 g/mol. The molecular formula is C15H22N7+. The average molecular weight is 300 g/mol. The number of aromatic nitrogens is 2. The Morgan fingerprint density at radius 1 is 0.955 bits per heavy atom. The lowest BCUT2D eigenvalue weighted by Crippen LogP contribution is -2.29. The van der Waals surface area contributed by atoms with Crippen LogP contribution in [0.2, 0.25) is 0 Å². The van der Waals surface area contributed by atoms with Crippen molar-refractivity contribution in [2.24, 2.45) is 34.7 Å². The lowest BCUT2D eigenvalue weighted by molar-refractivity contribution is -0.664. The lowest BCUT2D eigenvalue weighted by atomic mass is 10.3. The summed E-state index contributed by atoms with van der Waals surface area (Å²) in [6.07, 6.45) is 0. The molecule has 2 rings (SSSR count). The van der Waals surface area contributed by atoms with Crippen molar-refractivity contribution in [2.45, 2.75) is 13.8 Å². The Morgan fingerprint density at radius 3 is 1.95 bits per heavy atom. The summed E-state index contributed by atoms with van der Waals surface area (Å²) < 4.78 is 4.05. The van der Waals surface area contributed by atoms with E-state index in [-0.39, 0.29) is 0 Å². The minimum Gasteiger partial charge on any atom is -0.285 e. The molecule has 7 nitrogen and oxygen atoms in total. The maximum absolute atomic E-state index is 4.35. The molecule has 2 aromatic rings. The van der Waals surface area contributed by atoms with Crippen LogP contribution in [0.1, 0.15) is 11.4 Å². The van der Waals surface area contributed by atoms with E-state index in [1.807, 2.05) is 61.6 Å². The summed E-state index contributed by atoms with van der Waals surface area (Å²) >= 11 is 0. The number of hydrogen-bond donors (Lipinski definition) is 0. The fourth-order valence-electron chi connectivity index (χ4n) is 1.97. The zero-order valence-electron chi connectivity index (χ0n) is 13.9. The second kappa shape index (κ2) is 6.46. The smallest absolute Gasteiger partial charge is 0.285 e. The third-order valence-electron chi connectivity index (χ3n) is 3.57. The highest BCUT2D eigenvalue weighted by Gasteiger charge is 2.19. The zero-order chi connectivity index (χ0) is 16.3. The first-order chi connectivity index (χ1) is 10.4. The molecule has 0 bridgehead atoms. The molecule has 22 heavy (non-hydrogen) atoms.